The van der Waals surface area contributed by atoms with Gasteiger partial charge < -0.3 is 21.6 Å². The number of nitrogens with zero attached hydrogens (tertiary/aromatic N) is 3. The highest BCUT2D eigenvalue weighted by atomic mass is 35.5. The van der Waals surface area contributed by atoms with Crippen molar-refractivity contribution in [3.05, 3.63) is 30.1 Å². The Balaban J connectivity index is -0.000000853. The third-order valence-corrected chi connectivity index (χ3v) is 2.55. The van der Waals surface area contributed by atoms with Crippen LogP contribution in [0.1, 0.15) is 19.4 Å². The molecule has 0 saturated carbocycles. The van der Waals surface area contributed by atoms with Gasteiger partial charge in [0.05, 0.1) is 6.54 Å². The van der Waals surface area contributed by atoms with Gasteiger partial charge in [0.25, 0.3) is 0 Å². The van der Waals surface area contributed by atoms with E-state index in [9.17, 15) is 0 Å². The Labute approximate surface area is 120 Å². The average molecular weight is 293 g/mol. The van der Waals surface area contributed by atoms with Crippen molar-refractivity contribution in [3.63, 3.8) is 0 Å². The summed E-state index contributed by atoms with van der Waals surface area (Å²) in [5.41, 5.74) is 6.75. The molecule has 0 amide bonds. The van der Waals surface area contributed by atoms with Crippen LogP contribution in [0.25, 0.3) is 0 Å². The molecule has 0 unspecified atom stereocenters. The number of hydrogen-bond donors (Lipinski definition) is 1. The molecule has 1 rings (SSSR count). The van der Waals surface area contributed by atoms with E-state index in [0.29, 0.717) is 5.84 Å². The maximum atomic E-state index is 5.86. The minimum Gasteiger partial charge on any atom is -0.412 e. The fourth-order valence-electron chi connectivity index (χ4n) is 1.46. The fourth-order valence-corrected chi connectivity index (χ4v) is 1.46. The summed E-state index contributed by atoms with van der Waals surface area (Å²) in [6.45, 7) is 8.10. The van der Waals surface area contributed by atoms with E-state index in [1.807, 2.05) is 12.1 Å². The van der Waals surface area contributed by atoms with Gasteiger partial charge in [-0.3, -0.25) is 9.98 Å². The molecule has 1 heterocycles. The lowest BCUT2D eigenvalue weighted by Crippen LogP contribution is -2.26. The van der Waals surface area contributed by atoms with Gasteiger partial charge in [0.15, 0.2) is 0 Å². The molecule has 6 nitrogen and oxygen atoms in total. The Morgan fingerprint density at radius 1 is 1.32 bits per heavy atom. The number of hydrogen-bond acceptors (Lipinski definition) is 3. The molecule has 7 heteroatoms. The Kier molecular flexibility index (Phi) is 16.0. The van der Waals surface area contributed by atoms with E-state index in [2.05, 4.69) is 28.7 Å². The molecule has 0 fully saturated rings. The Bertz CT molecular complexity index is 332. The summed E-state index contributed by atoms with van der Waals surface area (Å²) in [6, 6.07) is 3.78. The first-order chi connectivity index (χ1) is 7.77. The third-order valence-electron chi connectivity index (χ3n) is 2.55. The molecule has 6 N–H and O–H groups in total. The monoisotopic (exact) mass is 292 g/mol. The van der Waals surface area contributed by atoms with Crippen molar-refractivity contribution in [3.8, 4) is 0 Å². The van der Waals surface area contributed by atoms with Gasteiger partial charge in [0, 0.05) is 24.5 Å². The van der Waals surface area contributed by atoms with Gasteiger partial charge in [-0.2, -0.15) is 0 Å². The Hall–Kier alpha value is -1.21. The Morgan fingerprint density at radius 3 is 2.42 bits per heavy atom. The van der Waals surface area contributed by atoms with Crippen molar-refractivity contribution < 1.29 is 11.0 Å². The number of aliphatic imine (C=N–C) groups is 1. The third kappa shape index (κ3) is 8.50. The molecule has 112 valence electrons. The van der Waals surface area contributed by atoms with Gasteiger partial charge in [0.2, 0.25) is 0 Å². The minimum absolute atomic E-state index is 0. The van der Waals surface area contributed by atoms with Gasteiger partial charge in [-0.1, -0.05) is 13.8 Å². The smallest absolute Gasteiger partial charge is 0.127 e. The van der Waals surface area contributed by atoms with Crippen LogP contribution < -0.4 is 5.73 Å². The lowest BCUT2D eigenvalue weighted by Gasteiger charge is -2.16. The molecule has 0 aliphatic rings. The number of pyridine rings is 1. The summed E-state index contributed by atoms with van der Waals surface area (Å²) in [5.74, 6) is 0.570. The van der Waals surface area contributed by atoms with Crippen molar-refractivity contribution in [1.82, 2.24) is 9.88 Å². The molecular formula is C12H25ClN4O2. The molecule has 19 heavy (non-hydrogen) atoms. The lowest BCUT2D eigenvalue weighted by molar-refractivity contribution is 0.313. The predicted molar refractivity (Wildman–Crippen MR) is 82.1 cm³/mol. The van der Waals surface area contributed by atoms with Gasteiger partial charge in [-0.15, -0.1) is 12.4 Å². The summed E-state index contributed by atoms with van der Waals surface area (Å²) < 4.78 is 0. The van der Waals surface area contributed by atoms with E-state index < -0.39 is 0 Å². The maximum Gasteiger partial charge on any atom is 0.127 e. The normalized spacial score (nSPS) is 10.2. The molecule has 0 spiro atoms. The quantitative estimate of drug-likeness (QED) is 0.582. The maximum absolute atomic E-state index is 5.86. The molecular weight excluding hydrogens is 268 g/mol. The van der Waals surface area contributed by atoms with E-state index in [1.165, 1.54) is 0 Å². The standard InChI is InChI=1S/C12H20N4.ClH.2H2O/c1-3-16(4-2)9-8-15-12(13)11-6-5-7-14-10-11;;;/h5-7,10H,3-4,8-9H2,1-2H3,(H2,13,15);1H;2*1H2. The number of likely N-dealkylation sites (N-methyl/N-ethyl adjacent to an activating group) is 1. The van der Waals surface area contributed by atoms with Gasteiger partial charge in [-0.25, -0.2) is 0 Å². The van der Waals surface area contributed by atoms with Crippen molar-refractivity contribution in [2.75, 3.05) is 26.2 Å². The van der Waals surface area contributed by atoms with E-state index in [-0.39, 0.29) is 23.4 Å². The van der Waals surface area contributed by atoms with Crippen LogP contribution in [-0.4, -0.2) is 52.9 Å². The second-order valence-electron chi connectivity index (χ2n) is 3.54. The molecule has 0 aliphatic carbocycles. The number of halogens is 1. The van der Waals surface area contributed by atoms with Crippen LogP contribution in [0.5, 0.6) is 0 Å². The fraction of sp³-hybridized carbons (Fsp3) is 0.500. The second-order valence-corrected chi connectivity index (χ2v) is 3.54. The molecule has 1 aromatic heterocycles. The van der Waals surface area contributed by atoms with Crippen LogP contribution in [0.15, 0.2) is 29.5 Å². The SMILES string of the molecule is CCN(CC)CCN=C(N)c1cccnc1.Cl.O.O. The van der Waals surface area contributed by atoms with E-state index in [4.69, 9.17) is 5.73 Å². The molecule has 0 radical (unpaired) electrons. The van der Waals surface area contributed by atoms with E-state index in [1.54, 1.807) is 12.4 Å². The zero-order chi connectivity index (χ0) is 11.8. The topological polar surface area (TPSA) is 118 Å². The minimum atomic E-state index is 0. The van der Waals surface area contributed by atoms with Crippen molar-refractivity contribution >= 4 is 18.2 Å². The number of aromatic nitrogens is 1. The summed E-state index contributed by atoms with van der Waals surface area (Å²) in [5, 5.41) is 0. The van der Waals surface area contributed by atoms with Crippen LogP contribution >= 0.6 is 12.4 Å². The van der Waals surface area contributed by atoms with E-state index >= 15 is 0 Å². The lowest BCUT2D eigenvalue weighted by atomic mass is 10.3. The molecule has 0 saturated heterocycles. The first-order valence-corrected chi connectivity index (χ1v) is 5.70. The van der Waals surface area contributed by atoms with Crippen LogP contribution in [0, 0.1) is 0 Å². The summed E-state index contributed by atoms with van der Waals surface area (Å²) in [6.07, 6.45) is 3.46. The Morgan fingerprint density at radius 2 is 1.95 bits per heavy atom. The zero-order valence-corrected chi connectivity index (χ0v) is 12.3. The molecule has 0 bridgehead atoms. The molecule has 0 aliphatic heterocycles. The predicted octanol–water partition coefficient (Wildman–Crippen LogP) is -0.0989. The highest BCUT2D eigenvalue weighted by Crippen LogP contribution is 1.95. The highest BCUT2D eigenvalue weighted by Gasteiger charge is 1.99. The van der Waals surface area contributed by atoms with E-state index in [0.717, 1.165) is 31.7 Å². The van der Waals surface area contributed by atoms with Gasteiger partial charge in [-0.05, 0) is 25.2 Å². The van der Waals surface area contributed by atoms with Crippen LogP contribution in [-0.2, 0) is 0 Å². The number of nitrogens with two attached hydrogens (primary N) is 1. The first-order valence-electron chi connectivity index (χ1n) is 5.70. The summed E-state index contributed by atoms with van der Waals surface area (Å²) in [7, 11) is 0. The first kappa shape index (κ1) is 22.9. The molecule has 0 aromatic carbocycles. The van der Waals surface area contributed by atoms with Crippen LogP contribution in [0.2, 0.25) is 0 Å². The van der Waals surface area contributed by atoms with Crippen LogP contribution in [0.4, 0.5) is 0 Å². The molecule has 0 atom stereocenters. The largest absolute Gasteiger partial charge is 0.412 e. The zero-order valence-electron chi connectivity index (χ0n) is 11.5. The van der Waals surface area contributed by atoms with Crippen LogP contribution in [0.3, 0.4) is 0 Å². The second kappa shape index (κ2) is 13.2. The average Bonchev–Trinajstić information content (AvgIpc) is 2.35. The molecule has 1 aromatic rings. The van der Waals surface area contributed by atoms with Gasteiger partial charge >= 0.3 is 0 Å². The summed E-state index contributed by atoms with van der Waals surface area (Å²) in [4.78, 5) is 10.7. The number of rotatable bonds is 6. The van der Waals surface area contributed by atoms with Crippen molar-refractivity contribution in [2.45, 2.75) is 13.8 Å². The number of amidine groups is 1. The van der Waals surface area contributed by atoms with Crippen molar-refractivity contribution in [1.29, 1.82) is 0 Å². The highest BCUT2D eigenvalue weighted by molar-refractivity contribution is 5.97. The van der Waals surface area contributed by atoms with Gasteiger partial charge in [0.1, 0.15) is 5.84 Å². The summed E-state index contributed by atoms with van der Waals surface area (Å²) >= 11 is 0. The van der Waals surface area contributed by atoms with Crippen molar-refractivity contribution in [2.24, 2.45) is 10.7 Å².